The summed E-state index contributed by atoms with van der Waals surface area (Å²) in [5.74, 6) is 0.997. The van der Waals surface area contributed by atoms with Gasteiger partial charge in [-0.3, -0.25) is 0 Å². The standard InChI is InChI=1S/C18H31NOS/c1-7-8-19-17(11-21-16(6)15(5)20)18-13(3)9-12(2)10-14(18)4/h9-10,15-17,19-20H,7-8,11H2,1-6H3. The molecule has 1 aromatic carbocycles. The third-order valence-corrected chi connectivity index (χ3v) is 5.38. The molecule has 0 amide bonds. The Hall–Kier alpha value is -0.510. The second-order valence-electron chi connectivity index (χ2n) is 6.10. The van der Waals surface area contributed by atoms with Gasteiger partial charge in [0.25, 0.3) is 0 Å². The Bertz CT molecular complexity index is 422. The van der Waals surface area contributed by atoms with Gasteiger partial charge in [-0.05, 0) is 57.4 Å². The molecule has 0 aliphatic heterocycles. The molecule has 0 saturated heterocycles. The van der Waals surface area contributed by atoms with E-state index in [2.05, 4.69) is 52.1 Å². The largest absolute Gasteiger partial charge is 0.392 e. The average Bonchev–Trinajstić information content (AvgIpc) is 2.39. The number of aliphatic hydroxyl groups is 1. The van der Waals surface area contributed by atoms with Gasteiger partial charge in [0.15, 0.2) is 0 Å². The quantitative estimate of drug-likeness (QED) is 0.756. The second kappa shape index (κ2) is 8.82. The third kappa shape index (κ3) is 5.65. The minimum absolute atomic E-state index is 0.262. The van der Waals surface area contributed by atoms with E-state index in [9.17, 15) is 5.11 Å². The first-order valence-corrected chi connectivity index (χ1v) is 9.02. The zero-order valence-electron chi connectivity index (χ0n) is 14.4. The zero-order valence-corrected chi connectivity index (χ0v) is 15.2. The summed E-state index contributed by atoms with van der Waals surface area (Å²) in [6.07, 6.45) is 0.874. The van der Waals surface area contributed by atoms with Crippen molar-refractivity contribution in [3.63, 3.8) is 0 Å². The molecule has 0 spiro atoms. The molecule has 0 radical (unpaired) electrons. The predicted molar refractivity (Wildman–Crippen MR) is 95.3 cm³/mol. The molecule has 0 bridgehead atoms. The fraction of sp³-hybridized carbons (Fsp3) is 0.667. The number of aliphatic hydroxyl groups excluding tert-OH is 1. The first-order valence-electron chi connectivity index (χ1n) is 7.97. The molecule has 2 nitrogen and oxygen atoms in total. The lowest BCUT2D eigenvalue weighted by molar-refractivity contribution is 0.196. The lowest BCUT2D eigenvalue weighted by Crippen LogP contribution is -2.27. The van der Waals surface area contributed by atoms with Gasteiger partial charge in [0.05, 0.1) is 6.10 Å². The van der Waals surface area contributed by atoms with Crippen molar-refractivity contribution in [2.45, 2.75) is 65.4 Å². The number of hydrogen-bond acceptors (Lipinski definition) is 3. The van der Waals surface area contributed by atoms with Crippen LogP contribution in [0.2, 0.25) is 0 Å². The van der Waals surface area contributed by atoms with E-state index in [0.717, 1.165) is 18.7 Å². The molecule has 0 aromatic heterocycles. The van der Waals surface area contributed by atoms with Crippen LogP contribution in [0.25, 0.3) is 0 Å². The van der Waals surface area contributed by atoms with Gasteiger partial charge in [-0.25, -0.2) is 0 Å². The molecule has 0 aliphatic carbocycles. The summed E-state index contributed by atoms with van der Waals surface area (Å²) in [5.41, 5.74) is 5.49. The molecule has 1 rings (SSSR count). The summed E-state index contributed by atoms with van der Waals surface area (Å²) in [7, 11) is 0. The van der Waals surface area contributed by atoms with Crippen molar-refractivity contribution < 1.29 is 5.11 Å². The normalized spacial score (nSPS) is 15.8. The first-order chi connectivity index (χ1) is 9.86. The van der Waals surface area contributed by atoms with Gasteiger partial charge in [-0.2, -0.15) is 11.8 Å². The Morgan fingerprint density at radius 1 is 1.14 bits per heavy atom. The van der Waals surface area contributed by atoms with Gasteiger partial charge in [-0.1, -0.05) is 31.5 Å². The highest BCUT2D eigenvalue weighted by Crippen LogP contribution is 2.28. The highest BCUT2D eigenvalue weighted by molar-refractivity contribution is 7.99. The number of benzene rings is 1. The fourth-order valence-corrected chi connectivity index (χ4v) is 3.75. The number of rotatable bonds is 8. The van der Waals surface area contributed by atoms with Crippen LogP contribution >= 0.6 is 11.8 Å². The monoisotopic (exact) mass is 309 g/mol. The molecule has 3 atom stereocenters. The average molecular weight is 310 g/mol. The number of thioether (sulfide) groups is 1. The summed E-state index contributed by atoms with van der Waals surface area (Å²) in [6.45, 7) is 13.8. The Labute approximate surface area is 134 Å². The molecule has 120 valence electrons. The zero-order chi connectivity index (χ0) is 16.0. The Morgan fingerprint density at radius 3 is 2.19 bits per heavy atom. The molecular formula is C18H31NOS. The van der Waals surface area contributed by atoms with Crippen molar-refractivity contribution in [1.82, 2.24) is 5.32 Å². The van der Waals surface area contributed by atoms with Crippen LogP contribution in [0.1, 0.15) is 55.5 Å². The summed E-state index contributed by atoms with van der Waals surface area (Å²) in [5, 5.41) is 13.6. The van der Waals surface area contributed by atoms with E-state index < -0.39 is 0 Å². The third-order valence-electron chi connectivity index (χ3n) is 3.93. The maximum Gasteiger partial charge on any atom is 0.0628 e. The van der Waals surface area contributed by atoms with E-state index in [-0.39, 0.29) is 11.4 Å². The first kappa shape index (κ1) is 18.5. The van der Waals surface area contributed by atoms with Crippen molar-refractivity contribution in [2.75, 3.05) is 12.3 Å². The molecule has 21 heavy (non-hydrogen) atoms. The Balaban J connectivity index is 2.92. The molecule has 0 saturated carbocycles. The van der Waals surface area contributed by atoms with Crippen molar-refractivity contribution in [2.24, 2.45) is 0 Å². The van der Waals surface area contributed by atoms with Crippen molar-refractivity contribution >= 4 is 11.8 Å². The molecule has 2 N–H and O–H groups in total. The van der Waals surface area contributed by atoms with E-state index in [4.69, 9.17) is 0 Å². The smallest absolute Gasteiger partial charge is 0.0628 e. The molecular weight excluding hydrogens is 278 g/mol. The number of hydrogen-bond donors (Lipinski definition) is 2. The SMILES string of the molecule is CCCNC(CSC(C)C(C)O)c1c(C)cc(C)cc1C. The van der Waals surface area contributed by atoms with E-state index in [1.807, 2.05) is 18.7 Å². The Kier molecular flexibility index (Phi) is 7.78. The summed E-state index contributed by atoms with van der Waals surface area (Å²) < 4.78 is 0. The maximum absolute atomic E-state index is 9.68. The van der Waals surface area contributed by atoms with Gasteiger partial charge in [0.2, 0.25) is 0 Å². The molecule has 0 fully saturated rings. The molecule has 3 unspecified atom stereocenters. The van der Waals surface area contributed by atoms with Gasteiger partial charge < -0.3 is 10.4 Å². The van der Waals surface area contributed by atoms with E-state index in [1.165, 1.54) is 22.3 Å². The van der Waals surface area contributed by atoms with Crippen LogP contribution in [0.3, 0.4) is 0 Å². The predicted octanol–water partition coefficient (Wildman–Crippen LogP) is 4.16. The minimum Gasteiger partial charge on any atom is -0.392 e. The van der Waals surface area contributed by atoms with Gasteiger partial charge in [0, 0.05) is 17.0 Å². The van der Waals surface area contributed by atoms with Crippen LogP contribution in [0, 0.1) is 20.8 Å². The van der Waals surface area contributed by atoms with Crippen LogP contribution in [0.4, 0.5) is 0 Å². The highest BCUT2D eigenvalue weighted by atomic mass is 32.2. The van der Waals surface area contributed by atoms with Crippen molar-refractivity contribution in [3.8, 4) is 0 Å². The highest BCUT2D eigenvalue weighted by Gasteiger charge is 2.18. The molecule has 1 aromatic rings. The van der Waals surface area contributed by atoms with Crippen molar-refractivity contribution in [1.29, 1.82) is 0 Å². The molecule has 0 aliphatic rings. The lowest BCUT2D eigenvalue weighted by Gasteiger charge is -2.25. The van der Waals surface area contributed by atoms with Crippen LogP contribution in [0.15, 0.2) is 12.1 Å². The number of aryl methyl sites for hydroxylation is 3. The van der Waals surface area contributed by atoms with E-state index >= 15 is 0 Å². The van der Waals surface area contributed by atoms with Gasteiger partial charge in [-0.15, -0.1) is 0 Å². The Morgan fingerprint density at radius 2 is 1.71 bits per heavy atom. The topological polar surface area (TPSA) is 32.3 Å². The van der Waals surface area contributed by atoms with Gasteiger partial charge >= 0.3 is 0 Å². The second-order valence-corrected chi connectivity index (χ2v) is 7.51. The number of nitrogens with one attached hydrogen (secondary N) is 1. The van der Waals surface area contributed by atoms with Crippen LogP contribution in [0.5, 0.6) is 0 Å². The van der Waals surface area contributed by atoms with Crippen LogP contribution in [-0.2, 0) is 0 Å². The lowest BCUT2D eigenvalue weighted by atomic mass is 9.95. The van der Waals surface area contributed by atoms with E-state index in [1.54, 1.807) is 0 Å². The van der Waals surface area contributed by atoms with Crippen molar-refractivity contribution in [3.05, 3.63) is 34.4 Å². The fourth-order valence-electron chi connectivity index (χ4n) is 2.69. The van der Waals surface area contributed by atoms with E-state index in [0.29, 0.717) is 6.04 Å². The minimum atomic E-state index is -0.262. The summed E-state index contributed by atoms with van der Waals surface area (Å²) in [4.78, 5) is 0. The van der Waals surface area contributed by atoms with Crippen LogP contribution < -0.4 is 5.32 Å². The summed E-state index contributed by atoms with van der Waals surface area (Å²) >= 11 is 1.85. The maximum atomic E-state index is 9.68. The van der Waals surface area contributed by atoms with Gasteiger partial charge in [0.1, 0.15) is 0 Å². The summed E-state index contributed by atoms with van der Waals surface area (Å²) in [6, 6.07) is 4.90. The molecule has 3 heteroatoms. The molecule has 0 heterocycles. The van der Waals surface area contributed by atoms with Crippen LogP contribution in [-0.4, -0.2) is 28.8 Å².